The van der Waals surface area contributed by atoms with E-state index >= 15 is 0 Å². The number of nitrogens with one attached hydrogen (secondary N) is 1. The Morgan fingerprint density at radius 2 is 2.05 bits per heavy atom. The number of ether oxygens (including phenoxy) is 1. The molecule has 0 aromatic heterocycles. The summed E-state index contributed by atoms with van der Waals surface area (Å²) in [5.41, 5.74) is 6.89. The van der Waals surface area contributed by atoms with Crippen molar-refractivity contribution in [1.29, 1.82) is 0 Å². The zero-order chi connectivity index (χ0) is 15.4. The third-order valence-electron chi connectivity index (χ3n) is 4.46. The molecule has 4 nitrogen and oxygen atoms in total. The van der Waals surface area contributed by atoms with Gasteiger partial charge in [-0.2, -0.15) is 0 Å². The first-order valence-corrected chi connectivity index (χ1v) is 7.77. The smallest absolute Gasteiger partial charge is 0.255 e. The molecule has 1 aliphatic rings. The summed E-state index contributed by atoms with van der Waals surface area (Å²) < 4.78 is 5.27. The van der Waals surface area contributed by atoms with Crippen LogP contribution in [0.1, 0.15) is 49.9 Å². The second kappa shape index (κ2) is 6.83. The molecular formula is C17H26N2O2. The number of anilines is 1. The van der Waals surface area contributed by atoms with Crippen LogP contribution in [-0.4, -0.2) is 19.1 Å². The standard InChI is InChI=1S/C17H26N2O2/c1-11(2)13-6-4-5-7-15(13)19-17(20)14-10-12(18)8-9-16(14)21-3/h8-11,13,15H,4-7,18H2,1-3H3,(H,19,20). The van der Waals surface area contributed by atoms with E-state index in [1.165, 1.54) is 19.3 Å². The van der Waals surface area contributed by atoms with E-state index in [1.54, 1.807) is 25.3 Å². The molecule has 116 valence electrons. The molecule has 0 aliphatic heterocycles. The summed E-state index contributed by atoms with van der Waals surface area (Å²) in [6.45, 7) is 4.46. The number of nitrogens with two attached hydrogens (primary N) is 1. The van der Waals surface area contributed by atoms with Crippen molar-refractivity contribution in [2.75, 3.05) is 12.8 Å². The molecule has 1 aromatic rings. The van der Waals surface area contributed by atoms with Gasteiger partial charge < -0.3 is 15.8 Å². The van der Waals surface area contributed by atoms with E-state index in [1.807, 2.05) is 0 Å². The minimum absolute atomic E-state index is 0.0864. The maximum atomic E-state index is 12.6. The third kappa shape index (κ3) is 3.69. The first-order valence-electron chi connectivity index (χ1n) is 7.77. The van der Waals surface area contributed by atoms with Gasteiger partial charge in [-0.05, 0) is 42.9 Å². The maximum Gasteiger partial charge on any atom is 0.255 e. The van der Waals surface area contributed by atoms with Gasteiger partial charge in [0, 0.05) is 11.7 Å². The SMILES string of the molecule is COc1ccc(N)cc1C(=O)NC1CCCCC1C(C)C. The minimum Gasteiger partial charge on any atom is -0.496 e. The first-order chi connectivity index (χ1) is 10.0. The van der Waals surface area contributed by atoms with Gasteiger partial charge in [-0.3, -0.25) is 4.79 Å². The fourth-order valence-corrected chi connectivity index (χ4v) is 3.29. The average Bonchev–Trinajstić information content (AvgIpc) is 2.47. The molecule has 0 spiro atoms. The van der Waals surface area contributed by atoms with Crippen LogP contribution in [0, 0.1) is 11.8 Å². The quantitative estimate of drug-likeness (QED) is 0.837. The summed E-state index contributed by atoms with van der Waals surface area (Å²) in [5.74, 6) is 1.61. The van der Waals surface area contributed by atoms with Gasteiger partial charge in [-0.1, -0.05) is 26.7 Å². The Labute approximate surface area is 127 Å². The number of benzene rings is 1. The topological polar surface area (TPSA) is 64.3 Å². The predicted octanol–water partition coefficient (Wildman–Crippen LogP) is 3.22. The first kappa shape index (κ1) is 15.7. The Balaban J connectivity index is 2.15. The van der Waals surface area contributed by atoms with Crippen LogP contribution in [0.15, 0.2) is 18.2 Å². The van der Waals surface area contributed by atoms with Crippen molar-refractivity contribution in [3.63, 3.8) is 0 Å². The van der Waals surface area contributed by atoms with Gasteiger partial charge in [-0.15, -0.1) is 0 Å². The summed E-state index contributed by atoms with van der Waals surface area (Å²) in [6, 6.07) is 5.41. The van der Waals surface area contributed by atoms with Crippen LogP contribution < -0.4 is 15.8 Å². The zero-order valence-electron chi connectivity index (χ0n) is 13.2. The summed E-state index contributed by atoms with van der Waals surface area (Å²) >= 11 is 0. The molecule has 21 heavy (non-hydrogen) atoms. The summed E-state index contributed by atoms with van der Waals surface area (Å²) in [4.78, 5) is 12.6. The van der Waals surface area contributed by atoms with Crippen molar-refractivity contribution in [3.05, 3.63) is 23.8 Å². The molecule has 0 bridgehead atoms. The van der Waals surface area contributed by atoms with Gasteiger partial charge in [0.2, 0.25) is 0 Å². The molecule has 0 radical (unpaired) electrons. The molecule has 2 rings (SSSR count). The number of methoxy groups -OCH3 is 1. The average molecular weight is 290 g/mol. The molecule has 1 fully saturated rings. The lowest BCUT2D eigenvalue weighted by molar-refractivity contribution is 0.0886. The Hall–Kier alpha value is -1.71. The van der Waals surface area contributed by atoms with Crippen molar-refractivity contribution in [3.8, 4) is 5.75 Å². The van der Waals surface area contributed by atoms with Gasteiger partial charge in [0.25, 0.3) is 5.91 Å². The highest BCUT2D eigenvalue weighted by molar-refractivity contribution is 5.98. The molecule has 2 atom stereocenters. The summed E-state index contributed by atoms with van der Waals surface area (Å²) in [6.07, 6.45) is 4.69. The van der Waals surface area contributed by atoms with Crippen molar-refractivity contribution in [2.24, 2.45) is 11.8 Å². The molecule has 1 amide bonds. The lowest BCUT2D eigenvalue weighted by atomic mass is 9.78. The van der Waals surface area contributed by atoms with E-state index in [0.717, 1.165) is 6.42 Å². The van der Waals surface area contributed by atoms with Gasteiger partial charge in [0.15, 0.2) is 0 Å². The van der Waals surface area contributed by atoms with Crippen LogP contribution in [0.4, 0.5) is 5.69 Å². The molecule has 0 saturated heterocycles. The number of hydrogen-bond acceptors (Lipinski definition) is 3. The molecule has 3 N–H and O–H groups in total. The minimum atomic E-state index is -0.0864. The molecular weight excluding hydrogens is 264 g/mol. The van der Waals surface area contributed by atoms with E-state index in [2.05, 4.69) is 19.2 Å². The molecule has 1 aromatic carbocycles. The molecule has 4 heteroatoms. The van der Waals surface area contributed by atoms with E-state index in [0.29, 0.717) is 28.8 Å². The largest absolute Gasteiger partial charge is 0.496 e. The van der Waals surface area contributed by atoms with Gasteiger partial charge in [0.05, 0.1) is 12.7 Å². The second-order valence-corrected chi connectivity index (χ2v) is 6.23. The summed E-state index contributed by atoms with van der Waals surface area (Å²) in [7, 11) is 1.57. The zero-order valence-corrected chi connectivity index (χ0v) is 13.2. The lowest BCUT2D eigenvalue weighted by Crippen LogP contribution is -2.44. The number of hydrogen-bond donors (Lipinski definition) is 2. The highest BCUT2D eigenvalue weighted by Crippen LogP contribution is 2.31. The lowest BCUT2D eigenvalue weighted by Gasteiger charge is -2.35. The van der Waals surface area contributed by atoms with Crippen LogP contribution in [-0.2, 0) is 0 Å². The number of amides is 1. The van der Waals surface area contributed by atoms with Crippen LogP contribution in [0.25, 0.3) is 0 Å². The monoisotopic (exact) mass is 290 g/mol. The normalized spacial score (nSPS) is 22.1. The highest BCUT2D eigenvalue weighted by Gasteiger charge is 2.29. The fourth-order valence-electron chi connectivity index (χ4n) is 3.29. The fraction of sp³-hybridized carbons (Fsp3) is 0.588. The van der Waals surface area contributed by atoms with E-state index in [9.17, 15) is 4.79 Å². The number of nitrogen functional groups attached to an aromatic ring is 1. The van der Waals surface area contributed by atoms with Crippen molar-refractivity contribution < 1.29 is 9.53 Å². The number of carbonyl (C=O) groups is 1. The Morgan fingerprint density at radius 1 is 1.33 bits per heavy atom. The highest BCUT2D eigenvalue weighted by atomic mass is 16.5. The van der Waals surface area contributed by atoms with Gasteiger partial charge >= 0.3 is 0 Å². The van der Waals surface area contributed by atoms with E-state index in [-0.39, 0.29) is 11.9 Å². The van der Waals surface area contributed by atoms with E-state index in [4.69, 9.17) is 10.5 Å². The molecule has 1 aliphatic carbocycles. The van der Waals surface area contributed by atoms with Crippen molar-refractivity contribution in [2.45, 2.75) is 45.6 Å². The van der Waals surface area contributed by atoms with Crippen molar-refractivity contribution in [1.82, 2.24) is 5.32 Å². The van der Waals surface area contributed by atoms with Gasteiger partial charge in [0.1, 0.15) is 5.75 Å². The van der Waals surface area contributed by atoms with Gasteiger partial charge in [-0.25, -0.2) is 0 Å². The van der Waals surface area contributed by atoms with Crippen LogP contribution in [0.3, 0.4) is 0 Å². The number of rotatable bonds is 4. The predicted molar refractivity (Wildman–Crippen MR) is 85.5 cm³/mol. The molecule has 2 unspecified atom stereocenters. The Morgan fingerprint density at radius 3 is 2.71 bits per heavy atom. The molecule has 1 saturated carbocycles. The Kier molecular flexibility index (Phi) is 5.10. The Bertz CT molecular complexity index is 500. The van der Waals surface area contributed by atoms with E-state index < -0.39 is 0 Å². The van der Waals surface area contributed by atoms with Crippen LogP contribution in [0.2, 0.25) is 0 Å². The van der Waals surface area contributed by atoms with Crippen LogP contribution in [0.5, 0.6) is 5.75 Å². The van der Waals surface area contributed by atoms with Crippen LogP contribution >= 0.6 is 0 Å². The number of carbonyl (C=O) groups excluding carboxylic acids is 1. The summed E-state index contributed by atoms with van der Waals surface area (Å²) in [5, 5.41) is 3.19. The third-order valence-corrected chi connectivity index (χ3v) is 4.46. The second-order valence-electron chi connectivity index (χ2n) is 6.23. The maximum absolute atomic E-state index is 12.6. The van der Waals surface area contributed by atoms with Crippen molar-refractivity contribution >= 4 is 11.6 Å². The molecule has 0 heterocycles.